The summed E-state index contributed by atoms with van der Waals surface area (Å²) < 4.78 is 2.03. The molecule has 0 radical (unpaired) electrons. The third-order valence-corrected chi connectivity index (χ3v) is 2.27. The van der Waals surface area contributed by atoms with Crippen LogP contribution < -0.4 is 0 Å². The van der Waals surface area contributed by atoms with Crippen molar-refractivity contribution in [3.63, 3.8) is 0 Å². The lowest BCUT2D eigenvalue weighted by molar-refractivity contribution is 0.764. The van der Waals surface area contributed by atoms with Crippen LogP contribution in [0.25, 0.3) is 0 Å². The van der Waals surface area contributed by atoms with Crippen LogP contribution in [-0.2, 0) is 12.4 Å². The molecule has 0 unspecified atom stereocenters. The number of rotatable bonds is 5. The van der Waals surface area contributed by atoms with Crippen molar-refractivity contribution in [2.75, 3.05) is 0 Å². The van der Waals surface area contributed by atoms with Crippen LogP contribution in [0, 0.1) is 0 Å². The third-order valence-electron chi connectivity index (χ3n) is 2.00. The molecule has 15 heavy (non-hydrogen) atoms. The van der Waals surface area contributed by atoms with E-state index in [-0.39, 0.29) is 0 Å². The average molecular weight is 223 g/mol. The number of hydrogen-bond donors (Lipinski definition) is 0. The molecule has 1 rings (SSSR count). The minimum atomic E-state index is 0.483. The Hall–Kier alpha value is -1.28. The lowest BCUT2D eigenvalue weighted by atomic mass is 10.2. The second kappa shape index (κ2) is 6.25. The fraction of sp³-hybridized carbons (Fsp3) is 0.250. The molecule has 0 N–H and O–H groups in total. The molecule has 80 valence electrons. The van der Waals surface area contributed by atoms with Gasteiger partial charge in [0.1, 0.15) is 0 Å². The zero-order valence-electron chi connectivity index (χ0n) is 8.86. The number of imidazole rings is 1. The van der Waals surface area contributed by atoms with Crippen molar-refractivity contribution < 1.29 is 0 Å². The highest BCUT2D eigenvalue weighted by Crippen LogP contribution is 2.08. The number of alkyl halides is 1. The van der Waals surface area contributed by atoms with Gasteiger partial charge in [0.25, 0.3) is 0 Å². The van der Waals surface area contributed by atoms with Gasteiger partial charge in [-0.15, -0.1) is 11.6 Å². The molecule has 1 heterocycles. The number of aromatic nitrogens is 2. The van der Waals surface area contributed by atoms with Gasteiger partial charge < -0.3 is 4.57 Å². The molecular weight excluding hydrogens is 208 g/mol. The molecule has 0 atom stereocenters. The van der Waals surface area contributed by atoms with Crippen molar-refractivity contribution >= 4 is 11.6 Å². The Bertz CT molecular complexity index is 375. The van der Waals surface area contributed by atoms with Crippen LogP contribution >= 0.6 is 11.6 Å². The van der Waals surface area contributed by atoms with E-state index in [0.29, 0.717) is 5.88 Å². The first-order chi connectivity index (χ1) is 7.31. The minimum Gasteiger partial charge on any atom is -0.329 e. The van der Waals surface area contributed by atoms with E-state index in [1.54, 1.807) is 18.6 Å². The highest BCUT2D eigenvalue weighted by Gasteiger charge is 2.01. The zero-order chi connectivity index (χ0) is 11.1. The third kappa shape index (κ3) is 3.40. The molecule has 0 amide bonds. The van der Waals surface area contributed by atoms with Gasteiger partial charge in [-0.2, -0.15) is 0 Å². The Kier molecular flexibility index (Phi) is 4.91. The van der Waals surface area contributed by atoms with E-state index in [2.05, 4.69) is 17.6 Å². The van der Waals surface area contributed by atoms with Crippen LogP contribution in [0.3, 0.4) is 0 Å². The van der Waals surface area contributed by atoms with Gasteiger partial charge in [-0.1, -0.05) is 30.9 Å². The van der Waals surface area contributed by atoms with Crippen LogP contribution in [0.15, 0.2) is 49.0 Å². The summed E-state index contributed by atoms with van der Waals surface area (Å²) in [6.45, 7) is 6.46. The van der Waals surface area contributed by atoms with Gasteiger partial charge in [0.15, 0.2) is 0 Å². The molecule has 0 aliphatic carbocycles. The molecule has 0 aliphatic rings. The molecule has 0 spiro atoms. The molecular formula is C12H15ClN2. The molecule has 0 aliphatic heterocycles. The summed E-state index contributed by atoms with van der Waals surface area (Å²) in [7, 11) is 0. The molecule has 0 bridgehead atoms. The Balaban J connectivity index is 2.82. The quantitative estimate of drug-likeness (QED) is 0.552. The average Bonchev–Trinajstić information content (AvgIpc) is 2.66. The Morgan fingerprint density at radius 3 is 3.07 bits per heavy atom. The fourth-order valence-corrected chi connectivity index (χ4v) is 1.55. The van der Waals surface area contributed by atoms with Gasteiger partial charge in [0.05, 0.1) is 17.9 Å². The topological polar surface area (TPSA) is 17.8 Å². The van der Waals surface area contributed by atoms with Crippen LogP contribution in [-0.4, -0.2) is 9.55 Å². The van der Waals surface area contributed by atoms with E-state index in [0.717, 1.165) is 12.2 Å². The van der Waals surface area contributed by atoms with E-state index in [4.69, 9.17) is 11.6 Å². The Labute approximate surface area is 95.6 Å². The Morgan fingerprint density at radius 1 is 1.67 bits per heavy atom. The molecule has 0 saturated carbocycles. The van der Waals surface area contributed by atoms with Crippen molar-refractivity contribution in [1.29, 1.82) is 0 Å². The lowest BCUT2D eigenvalue weighted by Gasteiger charge is -2.06. The zero-order valence-corrected chi connectivity index (χ0v) is 9.61. The Morgan fingerprint density at radius 2 is 2.47 bits per heavy atom. The van der Waals surface area contributed by atoms with E-state index < -0.39 is 0 Å². The molecule has 0 saturated heterocycles. The van der Waals surface area contributed by atoms with Gasteiger partial charge in [-0.25, -0.2) is 4.98 Å². The van der Waals surface area contributed by atoms with Gasteiger partial charge in [0.2, 0.25) is 0 Å². The number of nitrogens with zero attached hydrogens (tertiary/aromatic N) is 2. The number of halogens is 1. The summed E-state index contributed by atoms with van der Waals surface area (Å²) in [6.07, 6.45) is 11.4. The second-order valence-electron chi connectivity index (χ2n) is 3.12. The lowest BCUT2D eigenvalue weighted by Crippen LogP contribution is -2.01. The predicted octanol–water partition coefficient (Wildman–Crippen LogP) is 3.31. The molecule has 0 aromatic carbocycles. The van der Waals surface area contributed by atoms with Crippen molar-refractivity contribution in [3.05, 3.63) is 54.7 Å². The first-order valence-corrected chi connectivity index (χ1v) is 5.34. The predicted molar refractivity (Wildman–Crippen MR) is 64.9 cm³/mol. The summed E-state index contributed by atoms with van der Waals surface area (Å²) in [5, 5.41) is 0. The first kappa shape index (κ1) is 11.8. The van der Waals surface area contributed by atoms with Crippen molar-refractivity contribution in [2.45, 2.75) is 19.3 Å². The molecule has 3 heteroatoms. The molecule has 1 aromatic heterocycles. The maximum Gasteiger partial charge on any atom is 0.0951 e. The summed E-state index contributed by atoms with van der Waals surface area (Å²) >= 11 is 5.79. The fourth-order valence-electron chi connectivity index (χ4n) is 1.32. The van der Waals surface area contributed by atoms with Gasteiger partial charge in [-0.05, 0) is 12.5 Å². The molecule has 2 nitrogen and oxygen atoms in total. The first-order valence-electron chi connectivity index (χ1n) is 4.81. The minimum absolute atomic E-state index is 0.483. The summed E-state index contributed by atoms with van der Waals surface area (Å²) in [6, 6.07) is 0. The van der Waals surface area contributed by atoms with E-state index in [1.807, 2.05) is 23.6 Å². The maximum absolute atomic E-state index is 5.79. The van der Waals surface area contributed by atoms with Gasteiger partial charge in [-0.3, -0.25) is 0 Å². The monoisotopic (exact) mass is 222 g/mol. The van der Waals surface area contributed by atoms with Crippen molar-refractivity contribution in [2.24, 2.45) is 0 Å². The highest BCUT2D eigenvalue weighted by molar-refractivity contribution is 6.16. The van der Waals surface area contributed by atoms with Crippen molar-refractivity contribution in [1.82, 2.24) is 9.55 Å². The molecule has 0 fully saturated rings. The van der Waals surface area contributed by atoms with Gasteiger partial charge in [0, 0.05) is 12.7 Å². The highest BCUT2D eigenvalue weighted by atomic mass is 35.5. The summed E-state index contributed by atoms with van der Waals surface area (Å²) in [5.41, 5.74) is 2.20. The van der Waals surface area contributed by atoms with Gasteiger partial charge >= 0.3 is 0 Å². The number of hydrogen-bond acceptors (Lipinski definition) is 1. The summed E-state index contributed by atoms with van der Waals surface area (Å²) in [4.78, 5) is 4.07. The molecule has 1 aromatic rings. The van der Waals surface area contributed by atoms with E-state index >= 15 is 0 Å². The SMILES string of the molecule is C=C/C=C(\C=C/C)Cn1cncc1CCl. The van der Waals surface area contributed by atoms with Crippen LogP contribution in [0.5, 0.6) is 0 Å². The maximum atomic E-state index is 5.79. The standard InChI is InChI=1S/C12H15ClN2/c1-3-5-11(6-4-2)9-15-10-14-8-12(15)7-13/h3-6,8,10H,1,7,9H2,2H3/b6-4-,11-5+. The summed E-state index contributed by atoms with van der Waals surface area (Å²) in [5.74, 6) is 0.483. The largest absolute Gasteiger partial charge is 0.329 e. The second-order valence-corrected chi connectivity index (χ2v) is 3.39. The van der Waals surface area contributed by atoms with E-state index in [9.17, 15) is 0 Å². The van der Waals surface area contributed by atoms with Crippen LogP contribution in [0.2, 0.25) is 0 Å². The normalized spacial score (nSPS) is 12.3. The smallest absolute Gasteiger partial charge is 0.0951 e. The van der Waals surface area contributed by atoms with Crippen LogP contribution in [0.1, 0.15) is 12.6 Å². The van der Waals surface area contributed by atoms with Crippen molar-refractivity contribution in [3.8, 4) is 0 Å². The number of allylic oxidation sites excluding steroid dienone is 5. The van der Waals surface area contributed by atoms with E-state index in [1.165, 1.54) is 5.57 Å². The van der Waals surface area contributed by atoms with Crippen LogP contribution in [0.4, 0.5) is 0 Å².